The molecule has 1 heterocycles. The highest BCUT2D eigenvalue weighted by atomic mass is 16.5. The molecule has 0 bridgehead atoms. The van der Waals surface area contributed by atoms with Crippen LogP contribution in [0.15, 0.2) is 24.5 Å². The molecule has 0 amide bonds. The van der Waals surface area contributed by atoms with Crippen molar-refractivity contribution in [3.05, 3.63) is 30.1 Å². The number of hydrogen-bond acceptors (Lipinski definition) is 3. The van der Waals surface area contributed by atoms with Gasteiger partial charge in [-0.3, -0.25) is 4.98 Å². The van der Waals surface area contributed by atoms with Crippen LogP contribution in [0.3, 0.4) is 0 Å². The van der Waals surface area contributed by atoms with Crippen molar-refractivity contribution in [2.24, 2.45) is 0 Å². The maximum absolute atomic E-state index is 10.4. The first-order valence-electron chi connectivity index (χ1n) is 3.93. The Hall–Kier alpha value is -1.42. The van der Waals surface area contributed by atoms with Gasteiger partial charge >= 0.3 is 5.97 Å². The minimum atomic E-state index is -0.950. The fourth-order valence-electron chi connectivity index (χ4n) is 0.772. The van der Waals surface area contributed by atoms with E-state index in [4.69, 9.17) is 9.84 Å². The number of carboxylic acid groups (broad SMARTS) is 1. The summed E-state index contributed by atoms with van der Waals surface area (Å²) in [6.07, 6.45) is 2.52. The summed E-state index contributed by atoms with van der Waals surface area (Å²) in [6.45, 7) is 1.81. The van der Waals surface area contributed by atoms with Crippen LogP contribution in [-0.2, 0) is 16.1 Å². The van der Waals surface area contributed by atoms with E-state index < -0.39 is 12.1 Å². The van der Waals surface area contributed by atoms with E-state index in [2.05, 4.69) is 4.98 Å². The predicted octanol–water partition coefficient (Wildman–Crippen LogP) is 1.07. The van der Waals surface area contributed by atoms with E-state index >= 15 is 0 Å². The summed E-state index contributed by atoms with van der Waals surface area (Å²) in [7, 11) is 0. The number of carboxylic acids is 1. The van der Waals surface area contributed by atoms with E-state index in [1.54, 1.807) is 24.5 Å². The van der Waals surface area contributed by atoms with Crippen LogP contribution >= 0.6 is 0 Å². The summed E-state index contributed by atoms with van der Waals surface area (Å²) < 4.78 is 5.06. The minimum Gasteiger partial charge on any atom is -0.479 e. The van der Waals surface area contributed by atoms with Crippen LogP contribution in [0.5, 0.6) is 0 Å². The Morgan fingerprint density at radius 1 is 1.62 bits per heavy atom. The number of nitrogens with zero attached hydrogens (tertiary/aromatic N) is 1. The number of carbonyl (C=O) groups is 1. The minimum absolute atomic E-state index is 0.302. The third kappa shape index (κ3) is 3.21. The molecule has 0 aliphatic rings. The molecule has 1 unspecified atom stereocenters. The van der Waals surface area contributed by atoms with Gasteiger partial charge in [0.1, 0.15) is 0 Å². The van der Waals surface area contributed by atoms with Crippen LogP contribution in [-0.4, -0.2) is 22.2 Å². The fraction of sp³-hybridized carbons (Fsp3) is 0.333. The molecule has 70 valence electrons. The van der Waals surface area contributed by atoms with Crippen molar-refractivity contribution in [2.45, 2.75) is 19.6 Å². The molecule has 0 radical (unpaired) electrons. The largest absolute Gasteiger partial charge is 0.479 e. The first kappa shape index (κ1) is 9.67. The Kier molecular flexibility index (Phi) is 3.40. The van der Waals surface area contributed by atoms with Crippen molar-refractivity contribution in [1.29, 1.82) is 0 Å². The van der Waals surface area contributed by atoms with Gasteiger partial charge in [0.05, 0.1) is 6.61 Å². The molecule has 1 aromatic heterocycles. The highest BCUT2D eigenvalue weighted by Crippen LogP contribution is 2.01. The van der Waals surface area contributed by atoms with Gasteiger partial charge < -0.3 is 9.84 Å². The topological polar surface area (TPSA) is 59.4 Å². The number of pyridine rings is 1. The number of ether oxygens (including phenoxy) is 1. The van der Waals surface area contributed by atoms with Gasteiger partial charge in [0.2, 0.25) is 0 Å². The molecule has 1 aromatic rings. The number of aromatic nitrogens is 1. The van der Waals surface area contributed by atoms with Gasteiger partial charge in [-0.1, -0.05) is 0 Å². The lowest BCUT2D eigenvalue weighted by Gasteiger charge is -2.07. The highest BCUT2D eigenvalue weighted by molar-refractivity contribution is 5.71. The highest BCUT2D eigenvalue weighted by Gasteiger charge is 2.10. The SMILES string of the molecule is CC(OCc1ccncc1)C(=O)O. The summed E-state index contributed by atoms with van der Waals surface area (Å²) in [5.74, 6) is -0.950. The molecule has 13 heavy (non-hydrogen) atoms. The summed E-state index contributed by atoms with van der Waals surface area (Å²) in [6, 6.07) is 3.57. The molecule has 0 aromatic carbocycles. The Morgan fingerprint density at radius 2 is 2.23 bits per heavy atom. The normalized spacial score (nSPS) is 12.4. The van der Waals surface area contributed by atoms with Crippen molar-refractivity contribution in [2.75, 3.05) is 0 Å². The van der Waals surface area contributed by atoms with Gasteiger partial charge in [0.15, 0.2) is 6.10 Å². The number of aliphatic carboxylic acids is 1. The number of hydrogen-bond donors (Lipinski definition) is 1. The molecule has 4 heteroatoms. The molecule has 0 aliphatic heterocycles. The molecule has 0 spiro atoms. The molecule has 4 nitrogen and oxygen atoms in total. The molecule has 1 rings (SSSR count). The third-order valence-electron chi connectivity index (χ3n) is 1.60. The lowest BCUT2D eigenvalue weighted by atomic mass is 10.3. The van der Waals surface area contributed by atoms with Crippen molar-refractivity contribution in [1.82, 2.24) is 4.98 Å². The number of rotatable bonds is 4. The van der Waals surface area contributed by atoms with Crippen LogP contribution < -0.4 is 0 Å². The standard InChI is InChI=1S/C9H11NO3/c1-7(9(11)12)13-6-8-2-4-10-5-3-8/h2-5,7H,6H2,1H3,(H,11,12). The molecule has 1 atom stereocenters. The van der Waals surface area contributed by atoms with E-state index in [-0.39, 0.29) is 0 Å². The van der Waals surface area contributed by atoms with E-state index in [0.717, 1.165) is 5.56 Å². The molecular weight excluding hydrogens is 170 g/mol. The quantitative estimate of drug-likeness (QED) is 0.754. The van der Waals surface area contributed by atoms with Crippen LogP contribution in [0.4, 0.5) is 0 Å². The molecule has 0 saturated carbocycles. The average molecular weight is 181 g/mol. The van der Waals surface area contributed by atoms with Crippen LogP contribution in [0.1, 0.15) is 12.5 Å². The van der Waals surface area contributed by atoms with E-state index in [0.29, 0.717) is 6.61 Å². The lowest BCUT2D eigenvalue weighted by Crippen LogP contribution is -2.19. The second-order valence-corrected chi connectivity index (χ2v) is 2.65. The van der Waals surface area contributed by atoms with Gasteiger partial charge in [-0.25, -0.2) is 4.79 Å². The molecule has 0 saturated heterocycles. The van der Waals surface area contributed by atoms with Gasteiger partial charge in [-0.2, -0.15) is 0 Å². The molecule has 1 N–H and O–H groups in total. The van der Waals surface area contributed by atoms with Crippen LogP contribution in [0.25, 0.3) is 0 Å². The van der Waals surface area contributed by atoms with Crippen molar-refractivity contribution in [3.8, 4) is 0 Å². The predicted molar refractivity (Wildman–Crippen MR) is 46.1 cm³/mol. The monoisotopic (exact) mass is 181 g/mol. The van der Waals surface area contributed by atoms with Gasteiger partial charge in [0.25, 0.3) is 0 Å². The van der Waals surface area contributed by atoms with Crippen molar-refractivity contribution >= 4 is 5.97 Å². The third-order valence-corrected chi connectivity index (χ3v) is 1.60. The summed E-state index contributed by atoms with van der Waals surface area (Å²) >= 11 is 0. The summed E-state index contributed by atoms with van der Waals surface area (Å²) in [5, 5.41) is 8.52. The zero-order valence-corrected chi connectivity index (χ0v) is 7.30. The molecule has 0 aliphatic carbocycles. The zero-order valence-electron chi connectivity index (χ0n) is 7.30. The Labute approximate surface area is 76.2 Å². The fourth-order valence-corrected chi connectivity index (χ4v) is 0.772. The van der Waals surface area contributed by atoms with Gasteiger partial charge in [0, 0.05) is 12.4 Å². The zero-order chi connectivity index (χ0) is 9.68. The second kappa shape index (κ2) is 4.57. The summed E-state index contributed by atoms with van der Waals surface area (Å²) in [4.78, 5) is 14.2. The van der Waals surface area contributed by atoms with Crippen molar-refractivity contribution < 1.29 is 14.6 Å². The Bertz CT molecular complexity index is 273. The first-order chi connectivity index (χ1) is 6.20. The Balaban J connectivity index is 2.39. The average Bonchev–Trinajstić information content (AvgIpc) is 2.15. The lowest BCUT2D eigenvalue weighted by molar-refractivity contribution is -0.149. The maximum atomic E-state index is 10.4. The van der Waals surface area contributed by atoms with E-state index in [9.17, 15) is 4.79 Å². The second-order valence-electron chi connectivity index (χ2n) is 2.65. The smallest absolute Gasteiger partial charge is 0.332 e. The van der Waals surface area contributed by atoms with Crippen LogP contribution in [0, 0.1) is 0 Å². The van der Waals surface area contributed by atoms with E-state index in [1.807, 2.05) is 0 Å². The van der Waals surface area contributed by atoms with E-state index in [1.165, 1.54) is 6.92 Å². The first-order valence-corrected chi connectivity index (χ1v) is 3.93. The molecular formula is C9H11NO3. The van der Waals surface area contributed by atoms with Crippen molar-refractivity contribution in [3.63, 3.8) is 0 Å². The summed E-state index contributed by atoms with van der Waals surface area (Å²) in [5.41, 5.74) is 0.920. The van der Waals surface area contributed by atoms with Crippen LogP contribution in [0.2, 0.25) is 0 Å². The van der Waals surface area contributed by atoms with Gasteiger partial charge in [-0.15, -0.1) is 0 Å². The Morgan fingerprint density at radius 3 is 2.77 bits per heavy atom. The maximum Gasteiger partial charge on any atom is 0.332 e. The molecule has 0 fully saturated rings. The van der Waals surface area contributed by atoms with Gasteiger partial charge in [-0.05, 0) is 24.6 Å².